The van der Waals surface area contributed by atoms with E-state index in [1.165, 1.54) is 0 Å². The summed E-state index contributed by atoms with van der Waals surface area (Å²) in [6.07, 6.45) is 0.0937. The Morgan fingerprint density at radius 1 is 1.21 bits per heavy atom. The summed E-state index contributed by atoms with van der Waals surface area (Å²) in [7, 11) is 0. The zero-order chi connectivity index (χ0) is 13.7. The van der Waals surface area contributed by atoms with Crippen LogP contribution in [0.5, 0.6) is 0 Å². The zero-order valence-corrected chi connectivity index (χ0v) is 10.6. The molecule has 2 amide bonds. The summed E-state index contributed by atoms with van der Waals surface area (Å²) in [6, 6.07) is 7.33. The van der Waals surface area contributed by atoms with Gasteiger partial charge in [-0.1, -0.05) is 17.3 Å². The van der Waals surface area contributed by atoms with E-state index in [1.54, 1.807) is 6.07 Å². The maximum atomic E-state index is 11.7. The summed E-state index contributed by atoms with van der Waals surface area (Å²) in [5.74, 6) is -0.467. The fourth-order valence-corrected chi connectivity index (χ4v) is 1.72. The lowest BCUT2D eigenvalue weighted by Gasteiger charge is -2.03. The molecule has 0 saturated carbocycles. The first kappa shape index (κ1) is 13.1. The van der Waals surface area contributed by atoms with Gasteiger partial charge in [-0.05, 0) is 19.1 Å². The van der Waals surface area contributed by atoms with Crippen molar-refractivity contribution in [1.29, 1.82) is 0 Å². The molecule has 2 aromatic rings. The lowest BCUT2D eigenvalue weighted by molar-refractivity contribution is -0.125. The number of para-hydroxylation sites is 1. The third-order valence-electron chi connectivity index (χ3n) is 2.60. The van der Waals surface area contributed by atoms with Gasteiger partial charge in [0, 0.05) is 11.9 Å². The first-order valence-electron chi connectivity index (χ1n) is 6.07. The maximum Gasteiger partial charge on any atom is 0.239 e. The summed E-state index contributed by atoms with van der Waals surface area (Å²) in [5.41, 5.74) is 1.22. The lowest BCUT2D eigenvalue weighted by Crippen LogP contribution is -2.37. The Morgan fingerprint density at radius 2 is 2.00 bits per heavy atom. The van der Waals surface area contributed by atoms with Gasteiger partial charge in [0.05, 0.1) is 13.0 Å². The van der Waals surface area contributed by atoms with Crippen LogP contribution in [0.1, 0.15) is 12.6 Å². The van der Waals surface area contributed by atoms with Crippen molar-refractivity contribution < 1.29 is 14.1 Å². The van der Waals surface area contributed by atoms with Gasteiger partial charge in [-0.2, -0.15) is 0 Å². The molecule has 1 aromatic carbocycles. The number of likely N-dealkylation sites (N-methyl/N-ethyl adjacent to an activating group) is 1. The molecule has 0 fully saturated rings. The molecule has 1 heterocycles. The monoisotopic (exact) mass is 261 g/mol. The number of nitrogens with zero attached hydrogens (tertiary/aromatic N) is 1. The normalized spacial score (nSPS) is 10.4. The molecule has 0 aliphatic heterocycles. The molecular weight excluding hydrogens is 246 g/mol. The molecule has 0 atom stereocenters. The van der Waals surface area contributed by atoms with Crippen LogP contribution in [0.4, 0.5) is 0 Å². The lowest BCUT2D eigenvalue weighted by atomic mass is 10.1. The molecule has 19 heavy (non-hydrogen) atoms. The Balaban J connectivity index is 1.94. The third-order valence-corrected chi connectivity index (χ3v) is 2.60. The van der Waals surface area contributed by atoms with E-state index >= 15 is 0 Å². The second-order valence-electron chi connectivity index (χ2n) is 4.03. The topological polar surface area (TPSA) is 84.2 Å². The summed E-state index contributed by atoms with van der Waals surface area (Å²) in [6.45, 7) is 2.34. The predicted octanol–water partition coefficient (Wildman–Crippen LogP) is 0.623. The van der Waals surface area contributed by atoms with E-state index in [4.69, 9.17) is 4.52 Å². The first-order chi connectivity index (χ1) is 9.20. The molecule has 0 radical (unpaired) electrons. The van der Waals surface area contributed by atoms with Crippen LogP contribution in [0, 0.1) is 0 Å². The van der Waals surface area contributed by atoms with E-state index < -0.39 is 0 Å². The van der Waals surface area contributed by atoms with Crippen LogP contribution in [-0.4, -0.2) is 30.1 Å². The van der Waals surface area contributed by atoms with Crippen LogP contribution < -0.4 is 10.6 Å². The van der Waals surface area contributed by atoms with Gasteiger partial charge in [0.2, 0.25) is 11.8 Å². The molecule has 0 aliphatic carbocycles. The van der Waals surface area contributed by atoms with Gasteiger partial charge in [0.25, 0.3) is 0 Å². The van der Waals surface area contributed by atoms with Crippen molar-refractivity contribution in [3.05, 3.63) is 30.0 Å². The van der Waals surface area contributed by atoms with Gasteiger partial charge < -0.3 is 15.2 Å². The van der Waals surface area contributed by atoms with Crippen molar-refractivity contribution in [3.63, 3.8) is 0 Å². The number of carbonyl (C=O) groups is 2. The average molecular weight is 261 g/mol. The van der Waals surface area contributed by atoms with Gasteiger partial charge in [-0.25, -0.2) is 0 Å². The molecule has 2 N–H and O–H groups in total. The number of hydrogen-bond acceptors (Lipinski definition) is 4. The quantitative estimate of drug-likeness (QED) is 0.826. The molecule has 0 unspecified atom stereocenters. The smallest absolute Gasteiger partial charge is 0.239 e. The number of amides is 2. The summed E-state index contributed by atoms with van der Waals surface area (Å²) in [5, 5.41) is 9.82. The molecule has 6 heteroatoms. The fourth-order valence-electron chi connectivity index (χ4n) is 1.72. The molecule has 100 valence electrons. The van der Waals surface area contributed by atoms with E-state index in [1.807, 2.05) is 25.1 Å². The van der Waals surface area contributed by atoms with E-state index in [9.17, 15) is 9.59 Å². The highest BCUT2D eigenvalue weighted by molar-refractivity contribution is 5.88. The molecule has 1 aromatic heterocycles. The highest BCUT2D eigenvalue weighted by atomic mass is 16.5. The zero-order valence-electron chi connectivity index (χ0n) is 10.6. The Bertz CT molecular complexity index is 592. The van der Waals surface area contributed by atoms with E-state index in [0.29, 0.717) is 17.8 Å². The largest absolute Gasteiger partial charge is 0.356 e. The van der Waals surface area contributed by atoms with Gasteiger partial charge in [0.1, 0.15) is 5.69 Å². The van der Waals surface area contributed by atoms with E-state index in [2.05, 4.69) is 15.8 Å². The van der Waals surface area contributed by atoms with Crippen molar-refractivity contribution in [2.45, 2.75) is 13.3 Å². The molecular formula is C13H15N3O3. The molecule has 0 bridgehead atoms. The maximum absolute atomic E-state index is 11.7. The molecule has 6 nitrogen and oxygen atoms in total. The summed E-state index contributed by atoms with van der Waals surface area (Å²) in [4.78, 5) is 22.9. The van der Waals surface area contributed by atoms with Crippen molar-refractivity contribution in [3.8, 4) is 0 Å². The van der Waals surface area contributed by atoms with Crippen molar-refractivity contribution >= 4 is 22.8 Å². The summed E-state index contributed by atoms with van der Waals surface area (Å²) < 4.78 is 5.10. The minimum atomic E-state index is -0.259. The van der Waals surface area contributed by atoms with Crippen molar-refractivity contribution in [2.24, 2.45) is 0 Å². The first-order valence-corrected chi connectivity index (χ1v) is 6.07. The van der Waals surface area contributed by atoms with Crippen molar-refractivity contribution in [1.82, 2.24) is 15.8 Å². The Hall–Kier alpha value is -2.37. The minimum Gasteiger partial charge on any atom is -0.356 e. The second-order valence-corrected chi connectivity index (χ2v) is 4.03. The molecule has 0 aliphatic rings. The second kappa shape index (κ2) is 5.99. The highest BCUT2D eigenvalue weighted by Gasteiger charge is 2.12. The standard InChI is InChI=1S/C13H15N3O3/c1-2-14-13(18)8-15-12(17)7-10-9-5-3-4-6-11(9)19-16-10/h3-6H,2,7-8H2,1H3,(H,14,18)(H,15,17). The van der Waals surface area contributed by atoms with E-state index in [-0.39, 0.29) is 24.8 Å². The molecule has 0 saturated heterocycles. The van der Waals surface area contributed by atoms with Gasteiger partial charge >= 0.3 is 0 Å². The number of fused-ring (bicyclic) bond motifs is 1. The number of nitrogens with one attached hydrogen (secondary N) is 2. The number of aromatic nitrogens is 1. The molecule has 2 rings (SSSR count). The van der Waals surface area contributed by atoms with Gasteiger partial charge in [0.15, 0.2) is 5.58 Å². The minimum absolute atomic E-state index is 0.0253. The molecule has 0 spiro atoms. The third kappa shape index (κ3) is 3.31. The van der Waals surface area contributed by atoms with Gasteiger partial charge in [-0.15, -0.1) is 0 Å². The number of carbonyl (C=O) groups excluding carboxylic acids is 2. The van der Waals surface area contributed by atoms with E-state index in [0.717, 1.165) is 5.39 Å². The van der Waals surface area contributed by atoms with Crippen LogP contribution >= 0.6 is 0 Å². The number of hydrogen-bond donors (Lipinski definition) is 2. The van der Waals surface area contributed by atoms with Gasteiger partial charge in [-0.3, -0.25) is 9.59 Å². The fraction of sp³-hybridized carbons (Fsp3) is 0.308. The van der Waals surface area contributed by atoms with Crippen LogP contribution in [0.15, 0.2) is 28.8 Å². The highest BCUT2D eigenvalue weighted by Crippen LogP contribution is 2.17. The Labute approximate surface area is 110 Å². The number of rotatable bonds is 5. The Morgan fingerprint density at radius 3 is 2.79 bits per heavy atom. The van der Waals surface area contributed by atoms with Crippen LogP contribution in [0.3, 0.4) is 0 Å². The predicted molar refractivity (Wildman–Crippen MR) is 69.4 cm³/mol. The van der Waals surface area contributed by atoms with Crippen LogP contribution in [0.2, 0.25) is 0 Å². The average Bonchev–Trinajstić information content (AvgIpc) is 2.80. The van der Waals surface area contributed by atoms with Crippen molar-refractivity contribution in [2.75, 3.05) is 13.1 Å². The Kier molecular flexibility index (Phi) is 4.12. The SMILES string of the molecule is CCNC(=O)CNC(=O)Cc1noc2ccccc12. The van der Waals surface area contributed by atoms with Crippen LogP contribution in [0.25, 0.3) is 11.0 Å². The summed E-state index contributed by atoms with van der Waals surface area (Å²) >= 11 is 0. The number of benzene rings is 1. The van der Waals surface area contributed by atoms with Crippen LogP contribution in [-0.2, 0) is 16.0 Å².